The number of hydrogen-bond acceptors (Lipinski definition) is 6. The Labute approximate surface area is 136 Å². The predicted molar refractivity (Wildman–Crippen MR) is 81.4 cm³/mol. The van der Waals surface area contributed by atoms with Crippen LogP contribution in [0.3, 0.4) is 0 Å². The molecular weight excluding hydrogens is 317 g/mol. The first-order chi connectivity index (χ1) is 11.6. The fourth-order valence-electron chi connectivity index (χ4n) is 2.36. The highest BCUT2D eigenvalue weighted by Gasteiger charge is 2.27. The number of esters is 1. The molecule has 2 aromatic rings. The molecule has 0 amide bonds. The lowest BCUT2D eigenvalue weighted by Crippen LogP contribution is -2.39. The second-order valence-corrected chi connectivity index (χ2v) is 5.14. The van der Waals surface area contributed by atoms with Crippen LogP contribution in [0.2, 0.25) is 0 Å². The van der Waals surface area contributed by atoms with Crippen LogP contribution in [0.15, 0.2) is 24.4 Å². The number of aromatic nitrogens is 1. The molecular formula is C16H14FN3O4. The van der Waals surface area contributed by atoms with Crippen LogP contribution >= 0.6 is 0 Å². The second kappa shape index (κ2) is 6.22. The zero-order valence-electron chi connectivity index (χ0n) is 12.8. The SMILES string of the molecule is COC(=O)c1c(N)c(C#N)cn1-c1cccc(F)c1OC1COC1. The minimum absolute atomic E-state index is 0.0356. The highest BCUT2D eigenvalue weighted by Crippen LogP contribution is 2.33. The molecule has 1 saturated heterocycles. The van der Waals surface area contributed by atoms with Crippen molar-refractivity contribution in [3.8, 4) is 17.5 Å². The molecule has 0 aliphatic carbocycles. The number of carbonyl (C=O) groups excluding carboxylic acids is 1. The molecule has 7 nitrogen and oxygen atoms in total. The van der Waals surface area contributed by atoms with E-state index in [1.807, 2.05) is 6.07 Å². The standard InChI is InChI=1S/C16H14FN3O4/c1-22-16(21)14-13(19)9(5-18)6-20(14)12-4-2-3-11(17)15(12)24-10-7-23-8-10/h2-4,6,10H,7-8,19H2,1H3. The Morgan fingerprint density at radius 1 is 1.50 bits per heavy atom. The fraction of sp³-hybridized carbons (Fsp3) is 0.250. The molecule has 24 heavy (non-hydrogen) atoms. The molecule has 1 aromatic heterocycles. The Morgan fingerprint density at radius 2 is 2.25 bits per heavy atom. The summed E-state index contributed by atoms with van der Waals surface area (Å²) in [4.78, 5) is 12.1. The average molecular weight is 331 g/mol. The van der Waals surface area contributed by atoms with Gasteiger partial charge < -0.3 is 24.5 Å². The summed E-state index contributed by atoms with van der Waals surface area (Å²) in [6.07, 6.45) is 1.08. The third-order valence-corrected chi connectivity index (χ3v) is 3.64. The van der Waals surface area contributed by atoms with Gasteiger partial charge >= 0.3 is 5.97 Å². The number of halogens is 1. The van der Waals surface area contributed by atoms with Crippen molar-refractivity contribution in [3.05, 3.63) is 41.5 Å². The number of para-hydroxylation sites is 1. The summed E-state index contributed by atoms with van der Waals surface area (Å²) in [6, 6.07) is 6.17. The summed E-state index contributed by atoms with van der Waals surface area (Å²) in [5.74, 6) is -1.38. The van der Waals surface area contributed by atoms with E-state index in [-0.39, 0.29) is 34.5 Å². The molecule has 2 heterocycles. The van der Waals surface area contributed by atoms with Crippen molar-refractivity contribution in [2.45, 2.75) is 6.10 Å². The number of methoxy groups -OCH3 is 1. The van der Waals surface area contributed by atoms with Crippen molar-refractivity contribution < 1.29 is 23.4 Å². The van der Waals surface area contributed by atoms with E-state index in [4.69, 9.17) is 25.2 Å². The topological polar surface area (TPSA) is 99.5 Å². The third-order valence-electron chi connectivity index (χ3n) is 3.64. The van der Waals surface area contributed by atoms with Crippen molar-refractivity contribution in [1.29, 1.82) is 5.26 Å². The van der Waals surface area contributed by atoms with Crippen molar-refractivity contribution in [3.63, 3.8) is 0 Å². The Kier molecular flexibility index (Phi) is 4.10. The molecule has 124 valence electrons. The zero-order chi connectivity index (χ0) is 17.3. The molecule has 0 saturated carbocycles. The lowest BCUT2D eigenvalue weighted by Gasteiger charge is -2.28. The van der Waals surface area contributed by atoms with E-state index in [9.17, 15) is 9.18 Å². The number of carbonyl (C=O) groups is 1. The van der Waals surface area contributed by atoms with Crippen LogP contribution in [0.25, 0.3) is 5.69 Å². The van der Waals surface area contributed by atoms with Crippen LogP contribution in [0.5, 0.6) is 5.75 Å². The largest absolute Gasteiger partial charge is 0.480 e. The Balaban J connectivity index is 2.17. The van der Waals surface area contributed by atoms with Gasteiger partial charge in [-0.05, 0) is 12.1 Å². The van der Waals surface area contributed by atoms with Crippen molar-refractivity contribution >= 4 is 11.7 Å². The van der Waals surface area contributed by atoms with Gasteiger partial charge in [0.15, 0.2) is 17.3 Å². The van der Waals surface area contributed by atoms with Gasteiger partial charge in [0.05, 0.1) is 37.3 Å². The maximum atomic E-state index is 14.3. The smallest absolute Gasteiger partial charge is 0.357 e. The molecule has 3 rings (SSSR count). The average Bonchev–Trinajstić information content (AvgIpc) is 2.87. The van der Waals surface area contributed by atoms with Gasteiger partial charge in [-0.2, -0.15) is 5.26 Å². The van der Waals surface area contributed by atoms with Crippen LogP contribution in [-0.2, 0) is 9.47 Å². The minimum Gasteiger partial charge on any atom is -0.480 e. The van der Waals surface area contributed by atoms with Gasteiger partial charge in [0.2, 0.25) is 0 Å². The maximum absolute atomic E-state index is 14.3. The summed E-state index contributed by atoms with van der Waals surface area (Å²) in [7, 11) is 1.19. The number of ether oxygens (including phenoxy) is 3. The Hall–Kier alpha value is -3.05. The lowest BCUT2D eigenvalue weighted by atomic mass is 10.2. The molecule has 2 N–H and O–H groups in total. The van der Waals surface area contributed by atoms with Crippen molar-refractivity contribution in [2.24, 2.45) is 0 Å². The van der Waals surface area contributed by atoms with E-state index < -0.39 is 11.8 Å². The summed E-state index contributed by atoms with van der Waals surface area (Å²) in [6.45, 7) is 0.712. The number of nitrogens with zero attached hydrogens (tertiary/aromatic N) is 2. The van der Waals surface area contributed by atoms with Crippen molar-refractivity contribution in [1.82, 2.24) is 4.57 Å². The number of nitrogen functional groups attached to an aromatic ring is 1. The van der Waals surface area contributed by atoms with E-state index in [0.717, 1.165) is 0 Å². The highest BCUT2D eigenvalue weighted by atomic mass is 19.1. The molecule has 1 fully saturated rings. The number of nitriles is 1. The fourth-order valence-corrected chi connectivity index (χ4v) is 2.36. The molecule has 1 aliphatic rings. The number of hydrogen-bond donors (Lipinski definition) is 1. The number of nitrogens with two attached hydrogens (primary N) is 1. The molecule has 0 unspecified atom stereocenters. The normalized spacial score (nSPS) is 13.9. The lowest BCUT2D eigenvalue weighted by molar-refractivity contribution is -0.0808. The first-order valence-corrected chi connectivity index (χ1v) is 7.09. The molecule has 0 spiro atoms. The zero-order valence-corrected chi connectivity index (χ0v) is 12.8. The van der Waals surface area contributed by atoms with Gasteiger partial charge in [-0.1, -0.05) is 6.07 Å². The number of anilines is 1. The van der Waals surface area contributed by atoms with Crippen LogP contribution in [0.4, 0.5) is 10.1 Å². The van der Waals surface area contributed by atoms with Gasteiger partial charge in [0.25, 0.3) is 0 Å². The first-order valence-electron chi connectivity index (χ1n) is 7.09. The Bertz CT molecular complexity index is 837. The van der Waals surface area contributed by atoms with Gasteiger partial charge in [-0.15, -0.1) is 0 Å². The van der Waals surface area contributed by atoms with Gasteiger partial charge in [0, 0.05) is 6.20 Å². The summed E-state index contributed by atoms with van der Waals surface area (Å²) in [5, 5.41) is 9.16. The molecule has 0 atom stereocenters. The van der Waals surface area contributed by atoms with E-state index >= 15 is 0 Å². The van der Waals surface area contributed by atoms with Crippen LogP contribution < -0.4 is 10.5 Å². The maximum Gasteiger partial charge on any atom is 0.357 e. The second-order valence-electron chi connectivity index (χ2n) is 5.14. The van der Waals surface area contributed by atoms with Crippen molar-refractivity contribution in [2.75, 3.05) is 26.1 Å². The molecule has 1 aliphatic heterocycles. The molecule has 0 radical (unpaired) electrons. The molecule has 0 bridgehead atoms. The highest BCUT2D eigenvalue weighted by molar-refractivity contribution is 5.96. The first kappa shape index (κ1) is 15.8. The Morgan fingerprint density at radius 3 is 2.83 bits per heavy atom. The van der Waals surface area contributed by atoms with Crippen LogP contribution in [0, 0.1) is 17.1 Å². The number of benzene rings is 1. The van der Waals surface area contributed by atoms with E-state index in [1.54, 1.807) is 6.07 Å². The van der Waals surface area contributed by atoms with Gasteiger partial charge in [-0.3, -0.25) is 0 Å². The molecule has 1 aromatic carbocycles. The predicted octanol–water partition coefficient (Wildman–Crippen LogP) is 1.63. The quantitative estimate of drug-likeness (QED) is 0.855. The monoisotopic (exact) mass is 331 g/mol. The van der Waals surface area contributed by atoms with E-state index in [0.29, 0.717) is 13.2 Å². The summed E-state index contributed by atoms with van der Waals surface area (Å²) < 4.78 is 30.9. The van der Waals surface area contributed by atoms with Gasteiger partial charge in [-0.25, -0.2) is 9.18 Å². The third kappa shape index (κ3) is 2.55. The van der Waals surface area contributed by atoms with Crippen LogP contribution in [0.1, 0.15) is 16.1 Å². The van der Waals surface area contributed by atoms with Gasteiger partial charge in [0.1, 0.15) is 12.2 Å². The number of rotatable bonds is 4. The van der Waals surface area contributed by atoms with E-state index in [1.165, 1.54) is 30.0 Å². The summed E-state index contributed by atoms with van der Waals surface area (Å²) in [5.41, 5.74) is 6.09. The van der Waals surface area contributed by atoms with E-state index in [2.05, 4.69) is 0 Å². The van der Waals surface area contributed by atoms with Crippen LogP contribution in [-0.4, -0.2) is 37.0 Å². The minimum atomic E-state index is -0.740. The molecule has 8 heteroatoms. The summed E-state index contributed by atoms with van der Waals surface area (Å²) >= 11 is 0.